The lowest BCUT2D eigenvalue weighted by atomic mass is 10.2. The third kappa shape index (κ3) is 8.02. The summed E-state index contributed by atoms with van der Waals surface area (Å²) in [5.41, 5.74) is 6.79. The molecular weight excluding hydrogens is 659 g/mol. The summed E-state index contributed by atoms with van der Waals surface area (Å²) in [7, 11) is 1.45. The highest BCUT2D eigenvalue weighted by Crippen LogP contribution is 2.36. The maximum atomic E-state index is 13.1. The number of amides is 2. The van der Waals surface area contributed by atoms with Crippen molar-refractivity contribution >= 4 is 39.6 Å². The summed E-state index contributed by atoms with van der Waals surface area (Å²) in [6.07, 6.45) is 1.42. The molecule has 5 aromatic rings. The summed E-state index contributed by atoms with van der Waals surface area (Å²) >= 11 is 3.42. The second kappa shape index (κ2) is 14.6. The fourth-order valence-corrected chi connectivity index (χ4v) is 5.12. The summed E-state index contributed by atoms with van der Waals surface area (Å²) in [4.78, 5) is 24.9. The van der Waals surface area contributed by atoms with Gasteiger partial charge in [-0.05, 0) is 120 Å². The molecule has 0 bridgehead atoms. The first-order chi connectivity index (χ1) is 22.2. The Morgan fingerprint density at radius 2 is 1.67 bits per heavy atom. The first-order valence-corrected chi connectivity index (χ1v) is 14.9. The van der Waals surface area contributed by atoms with Crippen LogP contribution in [0.25, 0.3) is 5.69 Å². The molecule has 0 unspecified atom stereocenters. The van der Waals surface area contributed by atoms with Crippen LogP contribution in [-0.4, -0.2) is 36.3 Å². The first-order valence-electron chi connectivity index (χ1n) is 14.1. The van der Waals surface area contributed by atoms with Crippen molar-refractivity contribution in [2.75, 3.05) is 19.0 Å². The Kier molecular flexibility index (Phi) is 10.2. The Morgan fingerprint density at radius 3 is 2.37 bits per heavy atom. The minimum Gasteiger partial charge on any atom is -0.493 e. The summed E-state index contributed by atoms with van der Waals surface area (Å²) < 4.78 is 38.3. The fraction of sp³-hybridized carbons (Fsp3) is 0.147. The molecule has 0 aliphatic carbocycles. The Morgan fingerprint density at radius 1 is 0.957 bits per heavy atom. The summed E-state index contributed by atoms with van der Waals surface area (Å²) in [6.45, 7) is 3.95. The van der Waals surface area contributed by atoms with E-state index in [9.17, 15) is 14.0 Å². The summed E-state index contributed by atoms with van der Waals surface area (Å²) in [6, 6.07) is 23.8. The van der Waals surface area contributed by atoms with Crippen molar-refractivity contribution in [1.29, 1.82) is 0 Å². The van der Waals surface area contributed by atoms with Gasteiger partial charge in [0.15, 0.2) is 23.9 Å². The highest BCUT2D eigenvalue weighted by Gasteiger charge is 2.15. The van der Waals surface area contributed by atoms with Gasteiger partial charge in [-0.15, -0.1) is 0 Å². The number of furan rings is 1. The first kappa shape index (κ1) is 32.0. The largest absolute Gasteiger partial charge is 0.493 e. The van der Waals surface area contributed by atoms with E-state index in [4.69, 9.17) is 18.6 Å². The molecule has 0 saturated carbocycles. The van der Waals surface area contributed by atoms with Crippen LogP contribution in [0.4, 0.5) is 10.1 Å². The van der Waals surface area contributed by atoms with Gasteiger partial charge in [0.2, 0.25) is 0 Å². The molecule has 2 heterocycles. The number of methoxy groups -OCH3 is 1. The Labute approximate surface area is 272 Å². The van der Waals surface area contributed by atoms with Crippen LogP contribution in [-0.2, 0) is 11.4 Å². The standard InChI is InChI=1S/C34H30BrFN4O6/c1-21-4-5-22(2)40(21)26-10-12-27(13-11-26)44-19-28-14-15-30(46-28)34(42)39-37-18-23-16-29(35)33(31(17-23)43-3)45-20-32(41)38-25-8-6-24(36)7-9-25/h4-18H,19-20H2,1-3H3,(H,38,41)(H,39,42)/b37-18+. The molecule has 10 nitrogen and oxygen atoms in total. The number of nitrogens with zero attached hydrogens (tertiary/aromatic N) is 2. The molecule has 0 aliphatic rings. The number of nitrogens with one attached hydrogen (secondary N) is 2. The Bertz CT molecular complexity index is 1850. The predicted molar refractivity (Wildman–Crippen MR) is 175 cm³/mol. The molecule has 2 aromatic heterocycles. The molecule has 0 aliphatic heterocycles. The normalized spacial score (nSPS) is 11.0. The van der Waals surface area contributed by atoms with E-state index in [0.29, 0.717) is 38.7 Å². The van der Waals surface area contributed by atoms with Crippen molar-refractivity contribution in [3.63, 3.8) is 0 Å². The van der Waals surface area contributed by atoms with Crippen LogP contribution in [0.2, 0.25) is 0 Å². The van der Waals surface area contributed by atoms with E-state index in [1.807, 2.05) is 24.3 Å². The maximum Gasteiger partial charge on any atom is 0.307 e. The van der Waals surface area contributed by atoms with Crippen LogP contribution in [0, 0.1) is 19.7 Å². The Balaban J connectivity index is 1.12. The zero-order chi connectivity index (χ0) is 32.6. The topological polar surface area (TPSA) is 116 Å². The van der Waals surface area contributed by atoms with Crippen LogP contribution < -0.4 is 25.0 Å². The number of halogens is 2. The van der Waals surface area contributed by atoms with E-state index in [0.717, 1.165) is 17.1 Å². The SMILES string of the molecule is COc1cc(/C=N/NC(=O)c2ccc(COc3ccc(-n4c(C)ccc4C)cc3)o2)cc(Br)c1OCC(=O)Nc1ccc(F)cc1. The van der Waals surface area contributed by atoms with E-state index >= 15 is 0 Å². The summed E-state index contributed by atoms with van der Waals surface area (Å²) in [5.74, 6) is 0.472. The number of aryl methyl sites for hydroxylation is 2. The van der Waals surface area contributed by atoms with Gasteiger partial charge in [0, 0.05) is 22.8 Å². The number of hydrogen-bond donors (Lipinski definition) is 2. The molecule has 5 rings (SSSR count). The van der Waals surface area contributed by atoms with Crippen molar-refractivity contribution < 1.29 is 32.6 Å². The predicted octanol–water partition coefficient (Wildman–Crippen LogP) is 6.96. The molecule has 12 heteroatoms. The highest BCUT2D eigenvalue weighted by atomic mass is 79.9. The van der Waals surface area contributed by atoms with Crippen LogP contribution in [0.3, 0.4) is 0 Å². The zero-order valence-electron chi connectivity index (χ0n) is 25.2. The summed E-state index contributed by atoms with van der Waals surface area (Å²) in [5, 5.41) is 6.63. The number of rotatable bonds is 12. The average molecular weight is 690 g/mol. The van der Waals surface area contributed by atoms with E-state index in [1.165, 1.54) is 37.6 Å². The minimum absolute atomic E-state index is 0.0751. The van der Waals surface area contributed by atoms with Crippen LogP contribution in [0.1, 0.15) is 33.3 Å². The second-order valence-electron chi connectivity index (χ2n) is 10.1. The number of ether oxygens (including phenoxy) is 3. The van der Waals surface area contributed by atoms with Gasteiger partial charge >= 0.3 is 5.91 Å². The van der Waals surface area contributed by atoms with E-state index in [2.05, 4.69) is 62.3 Å². The fourth-order valence-electron chi connectivity index (χ4n) is 4.54. The van der Waals surface area contributed by atoms with Crippen molar-refractivity contribution in [2.45, 2.75) is 20.5 Å². The van der Waals surface area contributed by atoms with Gasteiger partial charge in [-0.1, -0.05) is 0 Å². The second-order valence-corrected chi connectivity index (χ2v) is 10.9. The van der Waals surface area contributed by atoms with Crippen molar-refractivity contribution in [1.82, 2.24) is 9.99 Å². The van der Waals surface area contributed by atoms with Crippen LogP contribution in [0.15, 0.2) is 98.9 Å². The monoisotopic (exact) mass is 688 g/mol. The smallest absolute Gasteiger partial charge is 0.307 e. The van der Waals surface area contributed by atoms with E-state index < -0.39 is 17.6 Å². The van der Waals surface area contributed by atoms with Gasteiger partial charge in [-0.25, -0.2) is 9.82 Å². The van der Waals surface area contributed by atoms with Crippen molar-refractivity contribution in [3.8, 4) is 22.9 Å². The number of carbonyl (C=O) groups excluding carboxylic acids is 2. The number of hydrogen-bond acceptors (Lipinski definition) is 7. The maximum absolute atomic E-state index is 13.1. The molecular formula is C34H30BrFN4O6. The van der Waals surface area contributed by atoms with E-state index in [-0.39, 0.29) is 19.0 Å². The van der Waals surface area contributed by atoms with Gasteiger partial charge in [-0.3, -0.25) is 9.59 Å². The zero-order valence-corrected chi connectivity index (χ0v) is 26.8. The lowest BCUT2D eigenvalue weighted by molar-refractivity contribution is -0.118. The van der Waals surface area contributed by atoms with Gasteiger partial charge in [0.25, 0.3) is 5.91 Å². The van der Waals surface area contributed by atoms with Crippen LogP contribution >= 0.6 is 15.9 Å². The number of benzene rings is 3. The van der Waals surface area contributed by atoms with Gasteiger partial charge < -0.3 is 28.5 Å². The Hall–Kier alpha value is -5.36. The molecule has 0 radical (unpaired) electrons. The lowest BCUT2D eigenvalue weighted by Gasteiger charge is -2.13. The lowest BCUT2D eigenvalue weighted by Crippen LogP contribution is -2.20. The van der Waals surface area contributed by atoms with Crippen LogP contribution in [0.5, 0.6) is 17.2 Å². The molecule has 0 saturated heterocycles. The molecule has 236 valence electrons. The minimum atomic E-state index is -0.539. The molecule has 3 aromatic carbocycles. The molecule has 0 fully saturated rings. The molecule has 0 spiro atoms. The molecule has 2 amide bonds. The molecule has 2 N–H and O–H groups in total. The quantitative estimate of drug-likeness (QED) is 0.108. The third-order valence-corrected chi connectivity index (χ3v) is 7.33. The number of aromatic nitrogens is 1. The third-order valence-electron chi connectivity index (χ3n) is 6.74. The van der Waals surface area contributed by atoms with E-state index in [1.54, 1.807) is 24.3 Å². The number of anilines is 1. The average Bonchev–Trinajstić information content (AvgIpc) is 3.66. The number of hydrazone groups is 1. The van der Waals surface area contributed by atoms with Gasteiger partial charge in [0.05, 0.1) is 17.8 Å². The highest BCUT2D eigenvalue weighted by molar-refractivity contribution is 9.10. The molecule has 46 heavy (non-hydrogen) atoms. The van der Waals surface area contributed by atoms with Gasteiger partial charge in [0.1, 0.15) is 23.9 Å². The van der Waals surface area contributed by atoms with Gasteiger partial charge in [-0.2, -0.15) is 5.10 Å². The molecule has 0 atom stereocenters. The van der Waals surface area contributed by atoms with Crippen molar-refractivity contribution in [3.05, 3.63) is 124 Å². The van der Waals surface area contributed by atoms with Crippen molar-refractivity contribution in [2.24, 2.45) is 5.10 Å². The number of carbonyl (C=O) groups is 2.